The quantitative estimate of drug-likeness (QED) is 0.906. The normalized spacial score (nSPS) is 20.3. The van der Waals surface area contributed by atoms with Crippen molar-refractivity contribution in [3.8, 4) is 11.5 Å². The fourth-order valence-corrected chi connectivity index (χ4v) is 2.79. The largest absolute Gasteiger partial charge is 0.454 e. The predicted octanol–water partition coefficient (Wildman–Crippen LogP) is 1.39. The van der Waals surface area contributed by atoms with Gasteiger partial charge in [0.2, 0.25) is 12.7 Å². The number of fused-ring (bicyclic) bond motifs is 1. The average molecular weight is 339 g/mol. The van der Waals surface area contributed by atoms with Crippen LogP contribution in [-0.4, -0.2) is 48.5 Å². The van der Waals surface area contributed by atoms with Gasteiger partial charge in [-0.05, 0) is 24.7 Å². The average Bonchev–Trinajstić information content (AvgIpc) is 3.16. The lowest BCUT2D eigenvalue weighted by atomic mass is 10.1. The fourth-order valence-electron chi connectivity index (χ4n) is 2.79. The summed E-state index contributed by atoms with van der Waals surface area (Å²) >= 11 is 0. The van der Waals surface area contributed by atoms with Gasteiger partial charge in [0.05, 0.1) is 12.5 Å². The van der Waals surface area contributed by atoms with Crippen molar-refractivity contribution in [2.75, 3.05) is 33.5 Å². The van der Waals surface area contributed by atoms with Crippen LogP contribution < -0.4 is 14.8 Å². The Morgan fingerprint density at radius 3 is 3.04 bits per heavy atom. The van der Waals surface area contributed by atoms with E-state index in [1.165, 1.54) is 0 Å². The number of hydrogen-bond acceptors (Lipinski definition) is 7. The Bertz CT molecular complexity index is 678. The van der Waals surface area contributed by atoms with Crippen LogP contribution in [0.5, 0.6) is 11.5 Å². The Morgan fingerprint density at radius 2 is 2.17 bits per heavy atom. The lowest BCUT2D eigenvalue weighted by Gasteiger charge is -2.30. The predicted molar refractivity (Wildman–Crippen MR) is 85.2 cm³/mol. The minimum Gasteiger partial charge on any atom is -0.454 e. The molecule has 8 heteroatoms. The summed E-state index contributed by atoms with van der Waals surface area (Å²) in [6, 6.07) is 6.03. The van der Waals surface area contributed by atoms with E-state index in [9.17, 15) is 0 Å². The first-order chi connectivity index (χ1) is 10.8. The first kappa shape index (κ1) is 16.0. The minimum atomic E-state index is 0. The summed E-state index contributed by atoms with van der Waals surface area (Å²) in [7, 11) is 2.08. The van der Waals surface area contributed by atoms with E-state index in [1.54, 1.807) is 0 Å². The number of likely N-dealkylation sites (N-methyl/N-ethyl adjacent to an activating group) is 1. The molecule has 0 radical (unpaired) electrons. The van der Waals surface area contributed by atoms with Crippen LogP contribution in [0.4, 0.5) is 0 Å². The van der Waals surface area contributed by atoms with Crippen LogP contribution in [0.25, 0.3) is 0 Å². The Hall–Kier alpha value is -1.83. The Kier molecular flexibility index (Phi) is 4.70. The Morgan fingerprint density at radius 1 is 1.30 bits per heavy atom. The maximum absolute atomic E-state index is 5.40. The van der Waals surface area contributed by atoms with Crippen LogP contribution in [0.15, 0.2) is 22.7 Å². The molecule has 3 heterocycles. The summed E-state index contributed by atoms with van der Waals surface area (Å²) in [4.78, 5) is 6.78. The molecule has 1 aromatic heterocycles. The molecule has 23 heavy (non-hydrogen) atoms. The molecular formula is C15H19ClN4O3. The van der Waals surface area contributed by atoms with Gasteiger partial charge in [0.1, 0.15) is 0 Å². The van der Waals surface area contributed by atoms with Gasteiger partial charge >= 0.3 is 0 Å². The van der Waals surface area contributed by atoms with Gasteiger partial charge in [0.25, 0.3) is 0 Å². The molecule has 0 saturated carbocycles. The summed E-state index contributed by atoms with van der Waals surface area (Å²) in [6.45, 7) is 3.11. The van der Waals surface area contributed by atoms with E-state index in [2.05, 4.69) is 27.4 Å². The molecule has 1 fully saturated rings. The number of rotatable bonds is 3. The molecule has 1 N–H and O–H groups in total. The van der Waals surface area contributed by atoms with E-state index < -0.39 is 0 Å². The molecule has 2 aromatic rings. The highest BCUT2D eigenvalue weighted by molar-refractivity contribution is 5.85. The maximum Gasteiger partial charge on any atom is 0.231 e. The highest BCUT2D eigenvalue weighted by Crippen LogP contribution is 2.33. The van der Waals surface area contributed by atoms with Crippen molar-refractivity contribution in [2.24, 2.45) is 0 Å². The van der Waals surface area contributed by atoms with E-state index in [0.29, 0.717) is 12.3 Å². The van der Waals surface area contributed by atoms with Crippen LogP contribution in [0.2, 0.25) is 0 Å². The lowest BCUT2D eigenvalue weighted by Crippen LogP contribution is -2.44. The zero-order valence-electron chi connectivity index (χ0n) is 12.8. The number of aromatic nitrogens is 2. The first-order valence-corrected chi connectivity index (χ1v) is 7.41. The van der Waals surface area contributed by atoms with E-state index in [1.807, 2.05) is 18.2 Å². The van der Waals surface area contributed by atoms with Crippen LogP contribution >= 0.6 is 12.4 Å². The first-order valence-electron chi connectivity index (χ1n) is 7.41. The Labute approximate surface area is 140 Å². The number of benzene rings is 1. The molecule has 124 valence electrons. The van der Waals surface area contributed by atoms with E-state index in [-0.39, 0.29) is 25.2 Å². The highest BCUT2D eigenvalue weighted by Gasteiger charge is 2.25. The number of hydrogen-bond donors (Lipinski definition) is 1. The molecule has 2 aliphatic heterocycles. The van der Waals surface area contributed by atoms with Crippen molar-refractivity contribution in [1.29, 1.82) is 0 Å². The number of halogens is 1. The highest BCUT2D eigenvalue weighted by atomic mass is 35.5. The summed E-state index contributed by atoms with van der Waals surface area (Å²) in [5, 5.41) is 7.49. The maximum atomic E-state index is 5.40. The van der Waals surface area contributed by atoms with E-state index in [0.717, 1.165) is 42.5 Å². The monoisotopic (exact) mass is 338 g/mol. The zero-order valence-corrected chi connectivity index (χ0v) is 13.6. The van der Waals surface area contributed by atoms with Gasteiger partial charge in [-0.3, -0.25) is 4.90 Å². The van der Waals surface area contributed by atoms with Gasteiger partial charge < -0.3 is 19.3 Å². The van der Waals surface area contributed by atoms with Crippen LogP contribution in [-0.2, 0) is 6.42 Å². The van der Waals surface area contributed by atoms with E-state index in [4.69, 9.17) is 14.0 Å². The summed E-state index contributed by atoms with van der Waals surface area (Å²) in [5.41, 5.74) is 1.06. The molecule has 0 amide bonds. The molecule has 0 aliphatic carbocycles. The molecule has 0 bridgehead atoms. The second-order valence-corrected chi connectivity index (χ2v) is 5.61. The van der Waals surface area contributed by atoms with Crippen LogP contribution in [0.1, 0.15) is 23.3 Å². The van der Waals surface area contributed by atoms with Gasteiger partial charge in [-0.1, -0.05) is 11.2 Å². The molecule has 1 aromatic carbocycles. The van der Waals surface area contributed by atoms with Gasteiger partial charge in [0, 0.05) is 19.6 Å². The van der Waals surface area contributed by atoms with Gasteiger partial charge in [-0.25, -0.2) is 0 Å². The van der Waals surface area contributed by atoms with Crippen molar-refractivity contribution in [1.82, 2.24) is 20.4 Å². The minimum absolute atomic E-state index is 0. The third kappa shape index (κ3) is 3.26. The third-order valence-corrected chi connectivity index (χ3v) is 4.09. The number of nitrogens with zero attached hydrogens (tertiary/aromatic N) is 3. The van der Waals surface area contributed by atoms with Gasteiger partial charge in [-0.15, -0.1) is 12.4 Å². The summed E-state index contributed by atoms with van der Waals surface area (Å²) in [6.07, 6.45) is 0.591. The zero-order chi connectivity index (χ0) is 14.9. The van der Waals surface area contributed by atoms with Crippen LogP contribution in [0.3, 0.4) is 0 Å². The van der Waals surface area contributed by atoms with E-state index >= 15 is 0 Å². The fraction of sp³-hybridized carbons (Fsp3) is 0.467. The molecule has 7 nitrogen and oxygen atoms in total. The Balaban J connectivity index is 0.00000156. The van der Waals surface area contributed by atoms with Crippen molar-refractivity contribution in [2.45, 2.75) is 12.5 Å². The smallest absolute Gasteiger partial charge is 0.231 e. The second kappa shape index (κ2) is 6.74. The number of ether oxygens (including phenoxy) is 2. The van der Waals surface area contributed by atoms with Crippen LogP contribution in [0, 0.1) is 0 Å². The van der Waals surface area contributed by atoms with Gasteiger partial charge in [0.15, 0.2) is 17.3 Å². The molecule has 0 spiro atoms. The van der Waals surface area contributed by atoms with Crippen molar-refractivity contribution in [3.63, 3.8) is 0 Å². The summed E-state index contributed by atoms with van der Waals surface area (Å²) < 4.78 is 16.1. The van der Waals surface area contributed by atoms with Crippen molar-refractivity contribution >= 4 is 12.4 Å². The molecule has 1 unspecified atom stereocenters. The topological polar surface area (TPSA) is 72.7 Å². The lowest BCUT2D eigenvalue weighted by molar-refractivity contribution is 0.174. The number of nitrogens with one attached hydrogen (secondary N) is 1. The molecule has 1 atom stereocenters. The molecular weight excluding hydrogens is 320 g/mol. The molecule has 4 rings (SSSR count). The third-order valence-electron chi connectivity index (χ3n) is 4.09. The van der Waals surface area contributed by atoms with Gasteiger partial charge in [-0.2, -0.15) is 4.98 Å². The van der Waals surface area contributed by atoms with Crippen molar-refractivity contribution < 1.29 is 14.0 Å². The second-order valence-electron chi connectivity index (χ2n) is 5.61. The van der Waals surface area contributed by atoms with Crippen molar-refractivity contribution in [3.05, 3.63) is 35.5 Å². The number of piperazine rings is 1. The summed E-state index contributed by atoms with van der Waals surface area (Å²) in [5.74, 6) is 2.91. The molecule has 2 aliphatic rings. The SMILES string of the molecule is CN1CCNCC1c1noc(Cc2ccc3c(c2)OCO3)n1.Cl. The molecule has 1 saturated heterocycles. The standard InChI is InChI=1S/C15H18N4O3.ClH/c1-19-5-4-16-8-11(19)15-17-14(22-18-15)7-10-2-3-12-13(6-10)21-9-20-12;/h2-3,6,11,16H,4-5,7-9H2,1H3;1H.